The van der Waals surface area contributed by atoms with Crippen LogP contribution >= 0.6 is 0 Å². The summed E-state index contributed by atoms with van der Waals surface area (Å²) in [5, 5.41) is 0. The number of carbonyl (C=O) groups excluding carboxylic acids is 1. The molecule has 0 bridgehead atoms. The van der Waals surface area contributed by atoms with Gasteiger partial charge in [-0.15, -0.1) is 0 Å². The van der Waals surface area contributed by atoms with E-state index >= 15 is 0 Å². The van der Waals surface area contributed by atoms with Crippen LogP contribution in [0, 0.1) is 5.92 Å². The maximum atomic E-state index is 12.8. The standard InChI is InChI=1S/C16H28N2O/c1-17-11-5-9-14(17)15-10-6-12-18(15)16(19)13-7-3-2-4-8-13/h13-15H,2-12H2,1H3/t14-,15+/m1/s1. The minimum atomic E-state index is 0.348. The molecular formula is C16H28N2O. The van der Waals surface area contributed by atoms with Crippen LogP contribution < -0.4 is 0 Å². The predicted octanol–water partition coefficient (Wildman–Crippen LogP) is 2.65. The molecule has 2 atom stereocenters. The second-order valence-corrected chi connectivity index (χ2v) is 6.77. The van der Waals surface area contributed by atoms with Crippen molar-refractivity contribution < 1.29 is 4.79 Å². The van der Waals surface area contributed by atoms with Crippen molar-refractivity contribution >= 4 is 5.91 Å². The van der Waals surface area contributed by atoms with Gasteiger partial charge in [-0.2, -0.15) is 0 Å². The first kappa shape index (κ1) is 13.4. The van der Waals surface area contributed by atoms with Gasteiger partial charge in [-0.3, -0.25) is 4.79 Å². The molecule has 2 aliphatic heterocycles. The zero-order valence-corrected chi connectivity index (χ0v) is 12.3. The molecule has 0 spiro atoms. The molecule has 1 aliphatic carbocycles. The van der Waals surface area contributed by atoms with Crippen LogP contribution in [0.4, 0.5) is 0 Å². The summed E-state index contributed by atoms with van der Waals surface area (Å²) < 4.78 is 0. The number of nitrogens with zero attached hydrogens (tertiary/aromatic N) is 2. The molecule has 0 aromatic heterocycles. The Kier molecular flexibility index (Phi) is 4.11. The topological polar surface area (TPSA) is 23.6 Å². The van der Waals surface area contributed by atoms with E-state index in [0.717, 1.165) is 19.4 Å². The lowest BCUT2D eigenvalue weighted by molar-refractivity contribution is -0.138. The van der Waals surface area contributed by atoms with Gasteiger partial charge < -0.3 is 9.80 Å². The summed E-state index contributed by atoms with van der Waals surface area (Å²) in [6.07, 6.45) is 11.2. The normalized spacial score (nSPS) is 34.1. The summed E-state index contributed by atoms with van der Waals surface area (Å²) in [5.74, 6) is 0.837. The Balaban J connectivity index is 1.66. The Labute approximate surface area is 117 Å². The van der Waals surface area contributed by atoms with Gasteiger partial charge in [0.25, 0.3) is 0 Å². The Morgan fingerprint density at radius 2 is 1.53 bits per heavy atom. The van der Waals surface area contributed by atoms with Crippen molar-refractivity contribution in [1.82, 2.24) is 9.80 Å². The molecular weight excluding hydrogens is 236 g/mol. The third-order valence-electron chi connectivity index (χ3n) is 5.56. The first-order valence-corrected chi connectivity index (χ1v) is 8.28. The molecule has 1 amide bonds. The largest absolute Gasteiger partial charge is 0.338 e. The van der Waals surface area contributed by atoms with Gasteiger partial charge in [0, 0.05) is 24.5 Å². The van der Waals surface area contributed by atoms with Gasteiger partial charge in [-0.25, -0.2) is 0 Å². The maximum Gasteiger partial charge on any atom is 0.225 e. The highest BCUT2D eigenvalue weighted by Crippen LogP contribution is 2.33. The molecule has 0 aromatic rings. The first-order chi connectivity index (χ1) is 9.27. The van der Waals surface area contributed by atoms with E-state index in [1.54, 1.807) is 0 Å². The Morgan fingerprint density at radius 3 is 2.21 bits per heavy atom. The average molecular weight is 264 g/mol. The molecule has 3 heteroatoms. The van der Waals surface area contributed by atoms with Crippen molar-refractivity contribution in [3.05, 3.63) is 0 Å². The number of hydrogen-bond donors (Lipinski definition) is 0. The second-order valence-electron chi connectivity index (χ2n) is 6.77. The van der Waals surface area contributed by atoms with Crippen LogP contribution in [0.3, 0.4) is 0 Å². The van der Waals surface area contributed by atoms with E-state index in [1.165, 1.54) is 51.5 Å². The van der Waals surface area contributed by atoms with Gasteiger partial charge in [0.05, 0.1) is 0 Å². The molecule has 3 rings (SSSR count). The van der Waals surface area contributed by atoms with Crippen LogP contribution in [0.25, 0.3) is 0 Å². The Morgan fingerprint density at radius 1 is 0.842 bits per heavy atom. The van der Waals surface area contributed by atoms with Crippen LogP contribution in [-0.4, -0.2) is 47.9 Å². The summed E-state index contributed by atoms with van der Waals surface area (Å²) >= 11 is 0. The van der Waals surface area contributed by atoms with Crippen molar-refractivity contribution in [3.63, 3.8) is 0 Å². The predicted molar refractivity (Wildman–Crippen MR) is 77.0 cm³/mol. The van der Waals surface area contributed by atoms with Gasteiger partial charge >= 0.3 is 0 Å². The fraction of sp³-hybridized carbons (Fsp3) is 0.938. The SMILES string of the molecule is CN1CCC[C@@H]1[C@@H]1CCCN1C(=O)C1CCCCC1. The average Bonchev–Trinajstić information content (AvgIpc) is 3.07. The second kappa shape index (κ2) is 5.82. The van der Waals surface area contributed by atoms with E-state index in [4.69, 9.17) is 0 Å². The highest BCUT2D eigenvalue weighted by atomic mass is 16.2. The van der Waals surface area contributed by atoms with E-state index in [1.807, 2.05) is 0 Å². The van der Waals surface area contributed by atoms with E-state index in [0.29, 0.717) is 23.9 Å². The lowest BCUT2D eigenvalue weighted by Gasteiger charge is -2.36. The molecule has 3 nitrogen and oxygen atoms in total. The van der Waals surface area contributed by atoms with E-state index in [9.17, 15) is 4.79 Å². The van der Waals surface area contributed by atoms with E-state index < -0.39 is 0 Å². The fourth-order valence-corrected chi connectivity index (χ4v) is 4.47. The van der Waals surface area contributed by atoms with E-state index in [-0.39, 0.29) is 0 Å². The van der Waals surface area contributed by atoms with Crippen molar-refractivity contribution in [3.8, 4) is 0 Å². The fourth-order valence-electron chi connectivity index (χ4n) is 4.47. The number of likely N-dealkylation sites (N-methyl/N-ethyl adjacent to an activating group) is 1. The highest BCUT2D eigenvalue weighted by molar-refractivity contribution is 5.79. The maximum absolute atomic E-state index is 12.8. The van der Waals surface area contributed by atoms with Crippen LogP contribution in [-0.2, 0) is 4.79 Å². The Bertz CT molecular complexity index is 325. The van der Waals surface area contributed by atoms with Gasteiger partial charge in [0.2, 0.25) is 5.91 Å². The molecule has 3 aliphatic rings. The lowest BCUT2D eigenvalue weighted by Crippen LogP contribution is -2.49. The minimum absolute atomic E-state index is 0.348. The number of amides is 1. The van der Waals surface area contributed by atoms with Gasteiger partial charge in [-0.05, 0) is 52.1 Å². The van der Waals surface area contributed by atoms with Crippen molar-refractivity contribution in [2.45, 2.75) is 69.9 Å². The molecule has 0 radical (unpaired) electrons. The van der Waals surface area contributed by atoms with Crippen molar-refractivity contribution in [2.75, 3.05) is 20.1 Å². The third kappa shape index (κ3) is 2.67. The molecule has 19 heavy (non-hydrogen) atoms. The molecule has 1 saturated carbocycles. The molecule has 0 unspecified atom stereocenters. The monoisotopic (exact) mass is 264 g/mol. The zero-order chi connectivity index (χ0) is 13.2. The van der Waals surface area contributed by atoms with Gasteiger partial charge in [-0.1, -0.05) is 19.3 Å². The Hall–Kier alpha value is -0.570. The van der Waals surface area contributed by atoms with E-state index in [2.05, 4.69) is 16.8 Å². The summed E-state index contributed by atoms with van der Waals surface area (Å²) in [4.78, 5) is 17.5. The molecule has 0 aromatic carbocycles. The number of carbonyl (C=O) groups is 1. The molecule has 0 N–H and O–H groups in total. The highest BCUT2D eigenvalue weighted by Gasteiger charge is 2.40. The summed E-state index contributed by atoms with van der Waals surface area (Å²) in [6.45, 7) is 2.23. The summed E-state index contributed by atoms with van der Waals surface area (Å²) in [7, 11) is 2.24. The number of rotatable bonds is 2. The van der Waals surface area contributed by atoms with Crippen LogP contribution in [0.2, 0.25) is 0 Å². The summed E-state index contributed by atoms with van der Waals surface area (Å²) in [6, 6.07) is 1.15. The van der Waals surface area contributed by atoms with Crippen LogP contribution in [0.5, 0.6) is 0 Å². The van der Waals surface area contributed by atoms with Crippen molar-refractivity contribution in [2.24, 2.45) is 5.92 Å². The van der Waals surface area contributed by atoms with Crippen LogP contribution in [0.1, 0.15) is 57.8 Å². The third-order valence-corrected chi connectivity index (χ3v) is 5.56. The number of hydrogen-bond acceptors (Lipinski definition) is 2. The summed E-state index contributed by atoms with van der Waals surface area (Å²) in [5.41, 5.74) is 0. The first-order valence-electron chi connectivity index (χ1n) is 8.28. The number of likely N-dealkylation sites (tertiary alicyclic amines) is 2. The molecule has 3 fully saturated rings. The minimum Gasteiger partial charge on any atom is -0.338 e. The quantitative estimate of drug-likeness (QED) is 0.765. The molecule has 2 heterocycles. The zero-order valence-electron chi connectivity index (χ0n) is 12.3. The van der Waals surface area contributed by atoms with Gasteiger partial charge in [0.1, 0.15) is 0 Å². The molecule has 108 valence electrons. The van der Waals surface area contributed by atoms with Gasteiger partial charge in [0.15, 0.2) is 0 Å². The lowest BCUT2D eigenvalue weighted by atomic mass is 9.88. The molecule has 2 saturated heterocycles. The van der Waals surface area contributed by atoms with Crippen LogP contribution in [0.15, 0.2) is 0 Å². The smallest absolute Gasteiger partial charge is 0.225 e. The van der Waals surface area contributed by atoms with Crippen molar-refractivity contribution in [1.29, 1.82) is 0 Å².